The first-order chi connectivity index (χ1) is 11.8. The van der Waals surface area contributed by atoms with Crippen molar-refractivity contribution < 1.29 is 4.74 Å². The lowest BCUT2D eigenvalue weighted by Gasteiger charge is -2.31. The summed E-state index contributed by atoms with van der Waals surface area (Å²) in [5.74, 6) is 0.788. The first-order valence-electron chi connectivity index (χ1n) is 8.63. The summed E-state index contributed by atoms with van der Waals surface area (Å²) in [7, 11) is 1.70. The second-order valence-corrected chi connectivity index (χ2v) is 6.86. The zero-order valence-electron chi connectivity index (χ0n) is 14.3. The average molecular weight is 347 g/mol. The lowest BCUT2D eigenvalue weighted by Crippen LogP contribution is -2.36. The number of methoxy groups -OCH3 is 1. The molecule has 0 atom stereocenters. The number of benzene rings is 1. The van der Waals surface area contributed by atoms with Crippen LogP contribution in [-0.4, -0.2) is 46.1 Å². The molecule has 1 aliphatic rings. The molecule has 0 aliphatic carbocycles. The monoisotopic (exact) mass is 346 g/mol. The fourth-order valence-electron chi connectivity index (χ4n) is 3.28. The molecule has 24 heavy (non-hydrogen) atoms. The van der Waals surface area contributed by atoms with E-state index in [1.165, 1.54) is 24.8 Å². The first kappa shape index (κ1) is 17.3. The van der Waals surface area contributed by atoms with Gasteiger partial charge in [-0.2, -0.15) is 5.10 Å². The maximum atomic E-state index is 5.50. The lowest BCUT2D eigenvalue weighted by atomic mass is 9.90. The van der Waals surface area contributed by atoms with Crippen LogP contribution in [0.4, 0.5) is 0 Å². The van der Waals surface area contributed by atoms with Gasteiger partial charge in [0.15, 0.2) is 4.77 Å². The minimum absolute atomic E-state index is 0.658. The predicted molar refractivity (Wildman–Crippen MR) is 97.4 cm³/mol. The van der Waals surface area contributed by atoms with Crippen LogP contribution < -0.4 is 0 Å². The Morgan fingerprint density at radius 2 is 1.96 bits per heavy atom. The van der Waals surface area contributed by atoms with Crippen molar-refractivity contribution >= 4 is 12.2 Å². The van der Waals surface area contributed by atoms with Crippen molar-refractivity contribution in [3.05, 3.63) is 47.0 Å². The summed E-state index contributed by atoms with van der Waals surface area (Å²) in [4.78, 5) is 2.45. The maximum absolute atomic E-state index is 5.50. The van der Waals surface area contributed by atoms with Gasteiger partial charge in [-0.05, 0) is 43.0 Å². The van der Waals surface area contributed by atoms with Crippen LogP contribution in [0.2, 0.25) is 0 Å². The summed E-state index contributed by atoms with van der Waals surface area (Å²) in [6.45, 7) is 4.44. The third-order valence-corrected chi connectivity index (χ3v) is 5.19. The quantitative estimate of drug-likeness (QED) is 0.722. The van der Waals surface area contributed by atoms with Gasteiger partial charge in [-0.3, -0.25) is 4.90 Å². The molecule has 0 unspecified atom stereocenters. The SMILES string of the molecule is COCCn1cnn(CN2CCC(Cc3ccccc3)CC2)c1=S. The van der Waals surface area contributed by atoms with Crippen LogP contribution in [0.3, 0.4) is 0 Å². The van der Waals surface area contributed by atoms with Crippen LogP contribution in [-0.2, 0) is 24.4 Å². The van der Waals surface area contributed by atoms with Crippen LogP contribution >= 0.6 is 12.2 Å². The lowest BCUT2D eigenvalue weighted by molar-refractivity contribution is 0.139. The number of ether oxygens (including phenoxy) is 1. The molecule has 2 aromatic rings. The molecular weight excluding hydrogens is 320 g/mol. The average Bonchev–Trinajstić information content (AvgIpc) is 2.96. The van der Waals surface area contributed by atoms with Crippen LogP contribution in [0.5, 0.6) is 0 Å². The van der Waals surface area contributed by atoms with Crippen molar-refractivity contribution in [2.45, 2.75) is 32.5 Å². The smallest absolute Gasteiger partial charge is 0.198 e. The Morgan fingerprint density at radius 1 is 1.21 bits per heavy atom. The molecule has 1 aromatic carbocycles. The first-order valence-corrected chi connectivity index (χ1v) is 9.04. The number of hydrogen-bond donors (Lipinski definition) is 0. The summed E-state index contributed by atoms with van der Waals surface area (Å²) in [5, 5.41) is 4.43. The summed E-state index contributed by atoms with van der Waals surface area (Å²) in [6.07, 6.45) is 5.49. The normalized spacial score (nSPS) is 16.5. The second kappa shape index (κ2) is 8.55. The zero-order valence-corrected chi connectivity index (χ0v) is 15.1. The third kappa shape index (κ3) is 4.53. The van der Waals surface area contributed by atoms with Gasteiger partial charge in [-0.15, -0.1) is 0 Å². The second-order valence-electron chi connectivity index (χ2n) is 6.49. The van der Waals surface area contributed by atoms with Crippen LogP contribution in [0, 0.1) is 10.7 Å². The molecule has 1 aromatic heterocycles. The van der Waals surface area contributed by atoms with Crippen LogP contribution in [0.1, 0.15) is 18.4 Å². The minimum atomic E-state index is 0.658. The fourth-order valence-corrected chi connectivity index (χ4v) is 3.52. The molecule has 1 fully saturated rings. The Labute approximate surface area is 148 Å². The van der Waals surface area contributed by atoms with Gasteiger partial charge < -0.3 is 9.30 Å². The van der Waals surface area contributed by atoms with E-state index in [1.807, 2.05) is 15.6 Å². The number of likely N-dealkylation sites (tertiary alicyclic amines) is 1. The van der Waals surface area contributed by atoms with Gasteiger partial charge in [-0.1, -0.05) is 30.3 Å². The molecule has 3 rings (SSSR count). The molecular formula is C18H26N4OS. The molecule has 2 heterocycles. The van der Waals surface area contributed by atoms with E-state index in [4.69, 9.17) is 17.0 Å². The van der Waals surface area contributed by atoms with Gasteiger partial charge in [-0.25, -0.2) is 4.68 Å². The summed E-state index contributed by atoms with van der Waals surface area (Å²) in [6, 6.07) is 10.8. The Bertz CT molecular complexity index is 674. The standard InChI is InChI=1S/C18H26N4OS/c1-23-12-11-21-14-19-22(18(21)24)15-20-9-7-17(8-10-20)13-16-5-3-2-4-6-16/h2-6,14,17H,7-13,15H2,1H3. The molecule has 1 saturated heterocycles. The van der Waals surface area contributed by atoms with Crippen molar-refractivity contribution in [1.29, 1.82) is 0 Å². The Balaban J connectivity index is 1.49. The van der Waals surface area contributed by atoms with Crippen molar-refractivity contribution in [3.8, 4) is 0 Å². The van der Waals surface area contributed by atoms with Crippen molar-refractivity contribution in [2.75, 3.05) is 26.8 Å². The zero-order chi connectivity index (χ0) is 16.8. The van der Waals surface area contributed by atoms with E-state index in [0.29, 0.717) is 6.61 Å². The van der Waals surface area contributed by atoms with Gasteiger partial charge in [0.2, 0.25) is 0 Å². The van der Waals surface area contributed by atoms with Crippen LogP contribution in [0.25, 0.3) is 0 Å². The van der Waals surface area contributed by atoms with Crippen LogP contribution in [0.15, 0.2) is 36.7 Å². The van der Waals surface area contributed by atoms with E-state index in [1.54, 1.807) is 7.11 Å². The van der Waals surface area contributed by atoms with Crippen molar-refractivity contribution in [2.24, 2.45) is 5.92 Å². The van der Waals surface area contributed by atoms with Gasteiger partial charge in [0.1, 0.15) is 6.33 Å². The van der Waals surface area contributed by atoms with E-state index < -0.39 is 0 Å². The van der Waals surface area contributed by atoms with E-state index in [-0.39, 0.29) is 0 Å². The molecule has 0 radical (unpaired) electrons. The number of aromatic nitrogens is 3. The summed E-state index contributed by atoms with van der Waals surface area (Å²) in [5.41, 5.74) is 1.45. The van der Waals surface area contributed by atoms with Gasteiger partial charge in [0.25, 0.3) is 0 Å². The van der Waals surface area contributed by atoms with Gasteiger partial charge >= 0.3 is 0 Å². The van der Waals surface area contributed by atoms with Gasteiger partial charge in [0.05, 0.1) is 13.3 Å². The number of rotatable bonds is 7. The van der Waals surface area contributed by atoms with E-state index in [0.717, 1.165) is 37.0 Å². The predicted octanol–water partition coefficient (Wildman–Crippen LogP) is 2.97. The molecule has 0 amide bonds. The highest BCUT2D eigenvalue weighted by Gasteiger charge is 2.20. The minimum Gasteiger partial charge on any atom is -0.383 e. The molecule has 5 nitrogen and oxygen atoms in total. The Kier molecular flexibility index (Phi) is 6.18. The van der Waals surface area contributed by atoms with E-state index in [9.17, 15) is 0 Å². The molecule has 0 spiro atoms. The number of piperidine rings is 1. The van der Waals surface area contributed by atoms with Crippen molar-refractivity contribution in [1.82, 2.24) is 19.2 Å². The molecule has 1 aliphatic heterocycles. The Hall–Kier alpha value is -1.50. The Morgan fingerprint density at radius 3 is 2.67 bits per heavy atom. The summed E-state index contributed by atoms with van der Waals surface area (Å²) >= 11 is 5.50. The maximum Gasteiger partial charge on any atom is 0.198 e. The van der Waals surface area contributed by atoms with Crippen molar-refractivity contribution in [3.63, 3.8) is 0 Å². The molecule has 0 bridgehead atoms. The highest BCUT2D eigenvalue weighted by Crippen LogP contribution is 2.21. The topological polar surface area (TPSA) is 35.2 Å². The summed E-state index contributed by atoms with van der Waals surface area (Å²) < 4.78 is 9.77. The number of hydrogen-bond acceptors (Lipinski definition) is 4. The van der Waals surface area contributed by atoms with E-state index in [2.05, 4.69) is 40.3 Å². The molecule has 0 saturated carbocycles. The fraction of sp³-hybridized carbons (Fsp3) is 0.556. The third-order valence-electron chi connectivity index (χ3n) is 4.74. The number of nitrogens with zero attached hydrogens (tertiary/aromatic N) is 4. The largest absolute Gasteiger partial charge is 0.383 e. The highest BCUT2D eigenvalue weighted by atomic mass is 32.1. The highest BCUT2D eigenvalue weighted by molar-refractivity contribution is 7.71. The molecule has 6 heteroatoms. The van der Waals surface area contributed by atoms with Gasteiger partial charge in [0, 0.05) is 26.7 Å². The molecule has 130 valence electrons. The van der Waals surface area contributed by atoms with E-state index >= 15 is 0 Å². The molecule has 0 N–H and O–H groups in total.